The molecule has 0 spiro atoms. The largest absolute Gasteiger partial charge is 1.00 e. The zero-order valence-electron chi connectivity index (χ0n) is 3.72. The Morgan fingerprint density at radius 2 is 1.50 bits per heavy atom. The molecule has 3 nitrogen and oxygen atoms in total. The molecule has 0 rings (SSSR count). The molecule has 0 fully saturated rings. The van der Waals surface area contributed by atoms with Crippen molar-refractivity contribution in [2.45, 2.75) is 0 Å². The Labute approximate surface area is 74.7 Å². The van der Waals surface area contributed by atoms with E-state index in [2.05, 4.69) is 0 Å². The van der Waals surface area contributed by atoms with E-state index in [-0.39, 0.29) is 54.0 Å². The third-order valence-electron chi connectivity index (χ3n) is 0. The van der Waals surface area contributed by atoms with Crippen LogP contribution in [0.25, 0.3) is 0 Å². The summed E-state index contributed by atoms with van der Waals surface area (Å²) in [4.78, 5) is 8.33. The standard InChI is InChI=1S/CH2O3.Mg.Na.2H/c2-1(3)4;;;;/h(H2,2,3,4);;;;/q;;+1;;/p-1. The maximum atomic E-state index is 8.33. The Morgan fingerprint density at radius 1 is 1.50 bits per heavy atom. The van der Waals surface area contributed by atoms with Crippen LogP contribution < -0.4 is 39.8 Å². The van der Waals surface area contributed by atoms with Gasteiger partial charge < -0.3 is 15.0 Å². The van der Waals surface area contributed by atoms with Crippen molar-refractivity contribution < 1.29 is 46.0 Å². The van der Waals surface area contributed by atoms with Crippen LogP contribution in [-0.4, -0.2) is 29.2 Å². The van der Waals surface area contributed by atoms with Crippen LogP contribution in [0.4, 0.5) is 4.79 Å². The predicted octanol–water partition coefficient (Wildman–Crippen LogP) is -6.25. The maximum absolute atomic E-state index is 8.33. The molecule has 0 heterocycles. The normalized spacial score (nSPS) is 4.00. The van der Waals surface area contributed by atoms with Crippen molar-refractivity contribution in [2.75, 3.05) is 0 Å². The number of hydrogen-bond donors (Lipinski definition) is 0. The third kappa shape index (κ3) is 76.4. The first-order valence-corrected chi connectivity index (χ1v) is 0.612. The van der Waals surface area contributed by atoms with Crippen molar-refractivity contribution in [3.8, 4) is 0 Å². The monoisotopic (exact) mass is 110 g/mol. The number of carbonyl (C=O) groups is 1. The number of hydrogen-bond acceptors (Lipinski definition) is 3. The Morgan fingerprint density at radius 3 is 1.50 bits per heavy atom. The zero-order chi connectivity index (χ0) is 3.58. The third-order valence-corrected chi connectivity index (χ3v) is 0. The van der Waals surface area contributed by atoms with Gasteiger partial charge >= 0.3 is 54.0 Å². The molecule has 0 aliphatic carbocycles. The molecule has 6 heavy (non-hydrogen) atoms. The van der Waals surface area contributed by atoms with E-state index in [9.17, 15) is 0 Å². The van der Waals surface area contributed by atoms with Crippen LogP contribution in [0.3, 0.4) is 0 Å². The molecule has 0 amide bonds. The van der Waals surface area contributed by atoms with Crippen LogP contribution in [0, 0.1) is 0 Å². The van der Waals surface area contributed by atoms with Crippen molar-refractivity contribution in [3.05, 3.63) is 0 Å². The van der Waals surface area contributed by atoms with Crippen molar-refractivity contribution in [1.29, 1.82) is 0 Å². The van der Waals surface area contributed by atoms with E-state index in [4.69, 9.17) is 15.0 Å². The molecule has 0 aliphatic heterocycles. The summed E-state index contributed by atoms with van der Waals surface area (Å²) in [6.45, 7) is 0. The van der Waals surface area contributed by atoms with Gasteiger partial charge in [0.1, 0.15) is 0 Å². The molecular formula is CH3MgNaO3. The van der Waals surface area contributed by atoms with E-state index in [1.54, 1.807) is 0 Å². The van der Waals surface area contributed by atoms with E-state index >= 15 is 0 Å². The van der Waals surface area contributed by atoms with Crippen LogP contribution in [0.15, 0.2) is 0 Å². The first-order chi connectivity index (χ1) is 1.73. The molecule has 0 bridgehead atoms. The molecule has 0 radical (unpaired) electrons. The van der Waals surface area contributed by atoms with Crippen LogP contribution in [0.5, 0.6) is 0 Å². The molecule has 0 unspecified atom stereocenters. The zero-order valence-corrected chi connectivity index (χ0v) is 4.72. The average Bonchev–Trinajstić information content (AvgIpc) is 0.811. The molecule has 5 heteroatoms. The minimum absolute atomic E-state index is 0. The molecule has 0 aliphatic rings. The second-order valence-corrected chi connectivity index (χ2v) is 0.250. The molecular weight excluding hydrogens is 107 g/mol. The van der Waals surface area contributed by atoms with Crippen molar-refractivity contribution in [2.24, 2.45) is 0 Å². The SMILES string of the molecule is O=C([O-])[O-].[H+].[MgH2].[Na+]. The predicted molar refractivity (Wildman–Crippen MR) is 15.1 cm³/mol. The summed E-state index contributed by atoms with van der Waals surface area (Å²) in [5.41, 5.74) is 0. The Hall–Kier alpha value is 1.04. The summed E-state index contributed by atoms with van der Waals surface area (Å²) in [6.07, 6.45) is -2.33. The Bertz CT molecular complexity index is 37.9. The van der Waals surface area contributed by atoms with E-state index in [0.717, 1.165) is 0 Å². The van der Waals surface area contributed by atoms with Crippen LogP contribution in [-0.2, 0) is 0 Å². The molecule has 0 aromatic heterocycles. The number of rotatable bonds is 0. The van der Waals surface area contributed by atoms with Gasteiger partial charge in [0.2, 0.25) is 0 Å². The van der Waals surface area contributed by atoms with Gasteiger partial charge in [-0.3, -0.25) is 0 Å². The summed E-state index contributed by atoms with van der Waals surface area (Å²) in [7, 11) is 0. The maximum Gasteiger partial charge on any atom is 1.00 e. The van der Waals surface area contributed by atoms with Gasteiger partial charge in [0.25, 0.3) is 0 Å². The minimum Gasteiger partial charge on any atom is -0.652 e. The van der Waals surface area contributed by atoms with Crippen molar-refractivity contribution in [3.63, 3.8) is 0 Å². The quantitative estimate of drug-likeness (QED) is 0.291. The molecule has 0 N–H and O–H groups in total. The molecule has 0 atom stereocenters. The molecule has 0 aromatic rings. The van der Waals surface area contributed by atoms with Gasteiger partial charge in [-0.15, -0.1) is 0 Å². The van der Waals surface area contributed by atoms with Crippen LogP contribution in [0.2, 0.25) is 0 Å². The molecule has 0 saturated carbocycles. The average molecular weight is 110 g/mol. The molecule has 0 aromatic carbocycles. The second kappa shape index (κ2) is 9.40. The van der Waals surface area contributed by atoms with Gasteiger partial charge in [-0.2, -0.15) is 0 Å². The summed E-state index contributed by atoms with van der Waals surface area (Å²) >= 11 is 0. The van der Waals surface area contributed by atoms with Crippen molar-refractivity contribution >= 4 is 29.2 Å². The Balaban J connectivity index is -0.0000000150. The van der Waals surface area contributed by atoms with Gasteiger partial charge in [-0.25, -0.2) is 0 Å². The van der Waals surface area contributed by atoms with E-state index in [1.807, 2.05) is 0 Å². The van der Waals surface area contributed by atoms with Crippen LogP contribution in [0.1, 0.15) is 1.43 Å². The minimum atomic E-state index is -2.33. The van der Waals surface area contributed by atoms with Crippen LogP contribution >= 0.6 is 0 Å². The van der Waals surface area contributed by atoms with Crippen molar-refractivity contribution in [1.82, 2.24) is 0 Å². The fraction of sp³-hybridized carbons (Fsp3) is 0. The summed E-state index contributed by atoms with van der Waals surface area (Å²) in [5, 5.41) is 16.7. The van der Waals surface area contributed by atoms with E-state index in [0.29, 0.717) is 0 Å². The topological polar surface area (TPSA) is 63.2 Å². The molecule has 0 saturated heterocycles. The fourth-order valence-corrected chi connectivity index (χ4v) is 0. The summed E-state index contributed by atoms with van der Waals surface area (Å²) < 4.78 is 0. The smallest absolute Gasteiger partial charge is 0.652 e. The second-order valence-electron chi connectivity index (χ2n) is 0.250. The number of carboxylic acid groups (broad SMARTS) is 2. The van der Waals surface area contributed by atoms with Gasteiger partial charge in [-0.05, 0) is 6.16 Å². The van der Waals surface area contributed by atoms with Gasteiger partial charge in [0.05, 0.1) is 0 Å². The number of carbonyl (C=O) groups excluding carboxylic acids is 1. The first-order valence-electron chi connectivity index (χ1n) is 0.612. The summed E-state index contributed by atoms with van der Waals surface area (Å²) in [5.74, 6) is 0. The Kier molecular flexibility index (Phi) is 24.6. The fourth-order valence-electron chi connectivity index (χ4n) is 0. The summed E-state index contributed by atoms with van der Waals surface area (Å²) in [6, 6.07) is 0. The van der Waals surface area contributed by atoms with Gasteiger partial charge in [0, 0.05) is 0 Å². The molecule has 28 valence electrons. The van der Waals surface area contributed by atoms with E-state index in [1.165, 1.54) is 0 Å². The van der Waals surface area contributed by atoms with Gasteiger partial charge in [-0.1, -0.05) is 0 Å². The van der Waals surface area contributed by atoms with E-state index < -0.39 is 6.16 Å². The first kappa shape index (κ1) is 15.7. The van der Waals surface area contributed by atoms with Gasteiger partial charge in [0.15, 0.2) is 0 Å².